The fourth-order valence-electron chi connectivity index (χ4n) is 4.02. The average molecular weight is 459 g/mol. The average Bonchev–Trinajstić information content (AvgIpc) is 2.76. The largest absolute Gasteiger partial charge is 0.493 e. The summed E-state index contributed by atoms with van der Waals surface area (Å²) < 4.78 is 16.4. The molecule has 0 atom stereocenters. The van der Waals surface area contributed by atoms with Gasteiger partial charge in [-0.1, -0.05) is 30.3 Å². The Balaban J connectivity index is 0.00000225. The van der Waals surface area contributed by atoms with Crippen LogP contribution in [0, 0.1) is 0 Å². The van der Waals surface area contributed by atoms with Gasteiger partial charge in [-0.25, -0.2) is 0 Å². The van der Waals surface area contributed by atoms with E-state index in [1.54, 1.807) is 31.1 Å². The molecule has 0 unspecified atom stereocenters. The van der Waals surface area contributed by atoms with Crippen LogP contribution in [0.3, 0.4) is 0 Å². The highest BCUT2D eigenvalue weighted by Gasteiger charge is 2.23. The van der Waals surface area contributed by atoms with Crippen LogP contribution < -0.4 is 24.0 Å². The number of benzene rings is 2. The van der Waals surface area contributed by atoms with E-state index in [4.69, 9.17) is 14.2 Å². The lowest BCUT2D eigenvalue weighted by atomic mass is 10.1. The number of hydrogen-bond donors (Lipinski definition) is 2. The Hall–Kier alpha value is -1.66. The van der Waals surface area contributed by atoms with E-state index >= 15 is 0 Å². The molecular formula is C23H36Cl2N2O3+2. The number of piperazine rings is 1. The maximum Gasteiger partial charge on any atom is 0.203 e. The number of rotatable bonds is 9. The van der Waals surface area contributed by atoms with Crippen molar-refractivity contribution in [3.63, 3.8) is 0 Å². The number of hydrogen-bond acceptors (Lipinski definition) is 3. The molecule has 0 radical (unpaired) electrons. The lowest BCUT2D eigenvalue weighted by Crippen LogP contribution is -3.28. The second-order valence-electron chi connectivity index (χ2n) is 7.52. The van der Waals surface area contributed by atoms with Crippen LogP contribution >= 0.6 is 24.8 Å². The first-order chi connectivity index (χ1) is 13.7. The zero-order valence-electron chi connectivity index (χ0n) is 18.2. The second-order valence-corrected chi connectivity index (χ2v) is 7.52. The van der Waals surface area contributed by atoms with Gasteiger partial charge in [-0.2, -0.15) is 0 Å². The Morgan fingerprint density at radius 1 is 0.667 bits per heavy atom. The van der Waals surface area contributed by atoms with Crippen LogP contribution in [0.25, 0.3) is 0 Å². The van der Waals surface area contributed by atoms with Gasteiger partial charge in [-0.3, -0.25) is 0 Å². The third-order valence-electron chi connectivity index (χ3n) is 5.77. The molecule has 0 spiro atoms. The summed E-state index contributed by atoms with van der Waals surface area (Å²) in [5, 5.41) is 0. The minimum atomic E-state index is 0. The standard InChI is InChI=1S/C23H32N2O3.2ClH/c1-26-21-17-20(18-22(27-2)23(21)28-3)10-12-25-15-13-24(14-16-25)11-9-19-7-5-4-6-8-19;;/h4-8,17-18H,9-16H2,1-3H3;2*1H/p+2. The Morgan fingerprint density at radius 3 is 1.57 bits per heavy atom. The summed E-state index contributed by atoms with van der Waals surface area (Å²) in [6, 6.07) is 15.0. The zero-order chi connectivity index (χ0) is 19.8. The molecule has 1 aliphatic rings. The molecule has 168 valence electrons. The maximum atomic E-state index is 5.47. The molecule has 1 aliphatic heterocycles. The minimum Gasteiger partial charge on any atom is -0.493 e. The lowest BCUT2D eigenvalue weighted by molar-refractivity contribution is -1.01. The fraction of sp³-hybridized carbons (Fsp3) is 0.478. The van der Waals surface area contributed by atoms with Crippen molar-refractivity contribution in [3.8, 4) is 17.2 Å². The first-order valence-electron chi connectivity index (χ1n) is 10.2. The number of nitrogens with one attached hydrogen (secondary N) is 2. The van der Waals surface area contributed by atoms with Crippen molar-refractivity contribution in [1.29, 1.82) is 0 Å². The molecule has 2 aromatic carbocycles. The van der Waals surface area contributed by atoms with Crippen molar-refractivity contribution < 1.29 is 24.0 Å². The van der Waals surface area contributed by atoms with Gasteiger partial charge in [0.15, 0.2) is 11.5 Å². The molecule has 1 fully saturated rings. The summed E-state index contributed by atoms with van der Waals surface area (Å²) in [4.78, 5) is 3.43. The van der Waals surface area contributed by atoms with Gasteiger partial charge in [0.2, 0.25) is 5.75 Å². The summed E-state index contributed by atoms with van der Waals surface area (Å²) in [6.07, 6.45) is 2.20. The Morgan fingerprint density at radius 2 is 1.13 bits per heavy atom. The number of halogens is 2. The van der Waals surface area contributed by atoms with Crippen molar-refractivity contribution in [2.24, 2.45) is 0 Å². The van der Waals surface area contributed by atoms with Crippen molar-refractivity contribution in [2.75, 3.05) is 60.6 Å². The van der Waals surface area contributed by atoms with Crippen LogP contribution in [0.1, 0.15) is 11.1 Å². The van der Waals surface area contributed by atoms with Gasteiger partial charge in [-0.15, -0.1) is 24.8 Å². The van der Waals surface area contributed by atoms with Crippen LogP contribution in [-0.4, -0.2) is 60.6 Å². The second kappa shape index (κ2) is 13.6. The van der Waals surface area contributed by atoms with Crippen molar-refractivity contribution >= 4 is 24.8 Å². The molecule has 1 saturated heterocycles. The van der Waals surface area contributed by atoms with Gasteiger partial charge in [-0.05, 0) is 23.3 Å². The van der Waals surface area contributed by atoms with E-state index in [2.05, 4.69) is 42.5 Å². The Labute approximate surface area is 193 Å². The van der Waals surface area contributed by atoms with Crippen LogP contribution in [0.5, 0.6) is 17.2 Å². The molecule has 0 saturated carbocycles. The van der Waals surface area contributed by atoms with Crippen LogP contribution in [0.4, 0.5) is 0 Å². The molecule has 0 aliphatic carbocycles. The van der Waals surface area contributed by atoms with Gasteiger partial charge in [0.05, 0.1) is 34.4 Å². The Bertz CT molecular complexity index is 713. The van der Waals surface area contributed by atoms with Crippen LogP contribution in [0.15, 0.2) is 42.5 Å². The highest BCUT2D eigenvalue weighted by molar-refractivity contribution is 5.85. The molecule has 0 aromatic heterocycles. The normalized spacial score (nSPS) is 18.0. The summed E-state index contributed by atoms with van der Waals surface area (Å²) in [7, 11) is 4.98. The predicted octanol–water partition coefficient (Wildman–Crippen LogP) is 1.12. The van der Waals surface area contributed by atoms with E-state index in [0.29, 0.717) is 5.75 Å². The van der Waals surface area contributed by atoms with E-state index < -0.39 is 0 Å². The Kier molecular flexibility index (Phi) is 12.0. The molecule has 0 bridgehead atoms. The van der Waals surface area contributed by atoms with Crippen molar-refractivity contribution in [1.82, 2.24) is 0 Å². The molecule has 3 rings (SSSR count). The predicted molar refractivity (Wildman–Crippen MR) is 126 cm³/mol. The van der Waals surface area contributed by atoms with E-state index in [0.717, 1.165) is 24.5 Å². The molecule has 5 nitrogen and oxygen atoms in total. The topological polar surface area (TPSA) is 36.6 Å². The van der Waals surface area contributed by atoms with Gasteiger partial charge in [0.25, 0.3) is 0 Å². The molecule has 7 heteroatoms. The van der Waals surface area contributed by atoms with Gasteiger partial charge < -0.3 is 24.0 Å². The lowest BCUT2D eigenvalue weighted by Gasteiger charge is -2.29. The van der Waals surface area contributed by atoms with E-state index in [9.17, 15) is 0 Å². The van der Waals surface area contributed by atoms with Crippen molar-refractivity contribution in [2.45, 2.75) is 12.8 Å². The number of quaternary nitrogens is 2. The van der Waals surface area contributed by atoms with E-state index in [-0.39, 0.29) is 24.8 Å². The van der Waals surface area contributed by atoms with Gasteiger partial charge in [0, 0.05) is 12.8 Å². The highest BCUT2D eigenvalue weighted by Crippen LogP contribution is 2.38. The van der Waals surface area contributed by atoms with E-state index in [1.807, 2.05) is 0 Å². The monoisotopic (exact) mass is 458 g/mol. The third-order valence-corrected chi connectivity index (χ3v) is 5.77. The fourth-order valence-corrected chi connectivity index (χ4v) is 4.02. The molecule has 2 aromatic rings. The SMILES string of the molecule is COc1cc(CC[NH+]2CC[NH+](CCc3ccccc3)CC2)cc(OC)c1OC.Cl.Cl. The van der Waals surface area contributed by atoms with Gasteiger partial charge in [0.1, 0.15) is 26.2 Å². The molecule has 2 N–H and O–H groups in total. The zero-order valence-corrected chi connectivity index (χ0v) is 19.9. The number of ether oxygens (including phenoxy) is 3. The maximum absolute atomic E-state index is 5.47. The van der Waals surface area contributed by atoms with Crippen LogP contribution in [0.2, 0.25) is 0 Å². The minimum absolute atomic E-state index is 0. The smallest absolute Gasteiger partial charge is 0.203 e. The molecule has 30 heavy (non-hydrogen) atoms. The number of methoxy groups -OCH3 is 3. The molecule has 0 amide bonds. The first kappa shape index (κ1) is 26.4. The van der Waals surface area contributed by atoms with Crippen molar-refractivity contribution in [3.05, 3.63) is 53.6 Å². The van der Waals surface area contributed by atoms with Crippen LogP contribution in [-0.2, 0) is 12.8 Å². The first-order valence-corrected chi connectivity index (χ1v) is 10.2. The summed E-state index contributed by atoms with van der Waals surface area (Å²) in [6.45, 7) is 7.40. The quantitative estimate of drug-likeness (QED) is 0.591. The molecular weight excluding hydrogens is 423 g/mol. The molecule has 1 heterocycles. The highest BCUT2D eigenvalue weighted by atomic mass is 35.5. The van der Waals surface area contributed by atoms with Gasteiger partial charge >= 0.3 is 0 Å². The third kappa shape index (κ3) is 7.24. The summed E-state index contributed by atoms with van der Waals surface area (Å²) in [5.41, 5.74) is 2.69. The summed E-state index contributed by atoms with van der Waals surface area (Å²) >= 11 is 0. The van der Waals surface area contributed by atoms with E-state index in [1.165, 1.54) is 50.3 Å². The summed E-state index contributed by atoms with van der Waals surface area (Å²) in [5.74, 6) is 2.14.